The van der Waals surface area contributed by atoms with Gasteiger partial charge in [-0.25, -0.2) is 15.0 Å². The van der Waals surface area contributed by atoms with Gasteiger partial charge in [0.15, 0.2) is 5.65 Å². The highest BCUT2D eigenvalue weighted by atomic mass is 32.1. The molecule has 4 heterocycles. The number of carbonyl (C=O) groups is 2. The number of hydrogen-bond acceptors (Lipinski definition) is 9. The van der Waals surface area contributed by atoms with E-state index in [0.29, 0.717) is 39.8 Å². The summed E-state index contributed by atoms with van der Waals surface area (Å²) >= 11 is 1.23. The molecule has 180 valence electrons. The van der Waals surface area contributed by atoms with Crippen LogP contribution in [0.15, 0.2) is 43.0 Å². The Morgan fingerprint density at radius 1 is 1.11 bits per heavy atom. The van der Waals surface area contributed by atoms with Crippen LogP contribution in [0.2, 0.25) is 0 Å². The highest BCUT2D eigenvalue weighted by molar-refractivity contribution is 7.13. The molecule has 1 aliphatic rings. The number of aryl methyl sites for hydroxylation is 1. The molecule has 1 unspecified atom stereocenters. The van der Waals surface area contributed by atoms with Gasteiger partial charge >= 0.3 is 0 Å². The van der Waals surface area contributed by atoms with E-state index in [0.717, 1.165) is 18.8 Å². The van der Waals surface area contributed by atoms with E-state index >= 15 is 0 Å². The topological polar surface area (TPSA) is 127 Å². The zero-order chi connectivity index (χ0) is 24.4. The Morgan fingerprint density at radius 3 is 2.77 bits per heavy atom. The van der Waals surface area contributed by atoms with Crippen molar-refractivity contribution in [1.82, 2.24) is 30.0 Å². The number of ether oxygens (including phenoxy) is 1. The highest BCUT2D eigenvalue weighted by Gasteiger charge is 2.21. The van der Waals surface area contributed by atoms with E-state index in [2.05, 4.69) is 35.6 Å². The van der Waals surface area contributed by atoms with Crippen molar-refractivity contribution in [1.29, 1.82) is 0 Å². The maximum Gasteiger partial charge on any atom is 0.271 e. The molecule has 1 aliphatic heterocycles. The summed E-state index contributed by atoms with van der Waals surface area (Å²) in [5.74, 6) is -0.613. The number of nitrogens with zero attached hydrogens (tertiary/aromatic N) is 6. The second-order valence-electron chi connectivity index (χ2n) is 8.09. The van der Waals surface area contributed by atoms with Crippen molar-refractivity contribution in [2.75, 3.05) is 36.5 Å². The zero-order valence-electron chi connectivity index (χ0n) is 19.3. The van der Waals surface area contributed by atoms with E-state index in [1.807, 2.05) is 31.2 Å². The number of anilines is 2. The number of rotatable bonds is 6. The second-order valence-corrected chi connectivity index (χ2v) is 9.15. The van der Waals surface area contributed by atoms with Gasteiger partial charge in [-0.3, -0.25) is 14.3 Å². The molecular weight excluding hydrogens is 468 g/mol. The fraction of sp³-hybridized carbons (Fsp3) is 0.304. The Hall–Kier alpha value is -3.90. The average molecular weight is 493 g/mol. The van der Waals surface area contributed by atoms with Gasteiger partial charge in [-0.05, 0) is 25.1 Å². The van der Waals surface area contributed by atoms with E-state index in [-0.39, 0.29) is 17.5 Å². The molecule has 1 atom stereocenters. The van der Waals surface area contributed by atoms with Crippen LogP contribution in [-0.2, 0) is 11.8 Å². The standard InChI is InChI=1S/C23H24N8O3S/c1-14(28-22(33)19-17-11-27-30(2)20(17)26-13-25-19)23-24-12-18(35-23)21(32)29-15-4-3-5-16(10-15)31-6-8-34-9-7-31/h3-5,10-14H,6-9H2,1-2H3,(H,28,33)(H,29,32). The number of fused-ring (bicyclic) bond motifs is 1. The van der Waals surface area contributed by atoms with Crippen molar-refractivity contribution in [2.45, 2.75) is 13.0 Å². The van der Waals surface area contributed by atoms with Crippen LogP contribution >= 0.6 is 11.3 Å². The van der Waals surface area contributed by atoms with Crippen LogP contribution in [-0.4, -0.2) is 62.9 Å². The highest BCUT2D eigenvalue weighted by Crippen LogP contribution is 2.24. The second kappa shape index (κ2) is 9.76. The van der Waals surface area contributed by atoms with Crippen molar-refractivity contribution in [2.24, 2.45) is 7.05 Å². The van der Waals surface area contributed by atoms with Crippen molar-refractivity contribution in [3.63, 3.8) is 0 Å². The molecule has 2 amide bonds. The lowest BCUT2D eigenvalue weighted by Gasteiger charge is -2.29. The molecule has 0 bridgehead atoms. The average Bonchev–Trinajstić information content (AvgIpc) is 3.52. The third kappa shape index (κ3) is 4.84. The van der Waals surface area contributed by atoms with Crippen molar-refractivity contribution < 1.29 is 14.3 Å². The maximum absolute atomic E-state index is 12.8. The molecule has 2 N–H and O–H groups in total. The van der Waals surface area contributed by atoms with Crippen LogP contribution in [0.25, 0.3) is 11.0 Å². The summed E-state index contributed by atoms with van der Waals surface area (Å²) in [6, 6.07) is 7.33. The Kier molecular flexibility index (Phi) is 6.38. The first-order chi connectivity index (χ1) is 17.0. The minimum Gasteiger partial charge on any atom is -0.378 e. The Balaban J connectivity index is 1.24. The van der Waals surface area contributed by atoms with Crippen LogP contribution in [0, 0.1) is 0 Å². The van der Waals surface area contributed by atoms with Gasteiger partial charge in [-0.1, -0.05) is 6.07 Å². The first-order valence-corrected chi connectivity index (χ1v) is 11.9. The molecule has 11 nitrogen and oxygen atoms in total. The number of carbonyl (C=O) groups excluding carboxylic acids is 2. The van der Waals surface area contributed by atoms with Crippen LogP contribution in [0.5, 0.6) is 0 Å². The van der Waals surface area contributed by atoms with E-state index in [4.69, 9.17) is 4.74 Å². The molecule has 0 spiro atoms. The largest absolute Gasteiger partial charge is 0.378 e. The summed E-state index contributed by atoms with van der Waals surface area (Å²) in [6.07, 6.45) is 4.42. The Labute approximate surface area is 205 Å². The zero-order valence-corrected chi connectivity index (χ0v) is 20.1. The number of nitrogens with one attached hydrogen (secondary N) is 2. The number of morpholine rings is 1. The molecular formula is C23H24N8O3S. The van der Waals surface area contributed by atoms with Crippen LogP contribution in [0.3, 0.4) is 0 Å². The fourth-order valence-corrected chi connectivity index (χ4v) is 4.67. The number of benzene rings is 1. The molecule has 1 aromatic carbocycles. The number of hydrogen-bond donors (Lipinski definition) is 2. The van der Waals surface area contributed by atoms with Gasteiger partial charge in [0.05, 0.1) is 37.0 Å². The number of thiazole rings is 1. The summed E-state index contributed by atoms with van der Waals surface area (Å²) in [6.45, 7) is 4.84. The SMILES string of the molecule is CC(NC(=O)c1ncnc2c1cnn2C)c1ncc(C(=O)Nc2cccc(N3CCOCC3)c2)s1. The fourth-order valence-electron chi connectivity index (χ4n) is 3.86. The van der Waals surface area contributed by atoms with E-state index in [9.17, 15) is 9.59 Å². The normalized spacial score (nSPS) is 14.6. The first kappa shape index (κ1) is 22.9. The molecule has 0 aliphatic carbocycles. The minimum atomic E-state index is -0.416. The first-order valence-electron chi connectivity index (χ1n) is 11.1. The lowest BCUT2D eigenvalue weighted by Crippen LogP contribution is -2.36. The Morgan fingerprint density at radius 2 is 1.94 bits per heavy atom. The van der Waals surface area contributed by atoms with Crippen LogP contribution < -0.4 is 15.5 Å². The van der Waals surface area contributed by atoms with Gasteiger partial charge < -0.3 is 20.3 Å². The molecule has 12 heteroatoms. The third-order valence-electron chi connectivity index (χ3n) is 5.69. The third-order valence-corrected chi connectivity index (χ3v) is 6.87. The van der Waals surface area contributed by atoms with Gasteiger partial charge in [0, 0.05) is 31.5 Å². The number of aromatic nitrogens is 5. The van der Waals surface area contributed by atoms with Gasteiger partial charge in [0.25, 0.3) is 11.8 Å². The summed E-state index contributed by atoms with van der Waals surface area (Å²) < 4.78 is 6.99. The molecule has 35 heavy (non-hydrogen) atoms. The van der Waals surface area contributed by atoms with Gasteiger partial charge in [0.2, 0.25) is 0 Å². The predicted octanol–water partition coefficient (Wildman–Crippen LogP) is 2.40. The lowest BCUT2D eigenvalue weighted by molar-refractivity contribution is 0.0935. The molecule has 1 fully saturated rings. The van der Waals surface area contributed by atoms with E-state index in [1.54, 1.807) is 17.9 Å². The maximum atomic E-state index is 12.8. The predicted molar refractivity (Wildman–Crippen MR) is 132 cm³/mol. The van der Waals surface area contributed by atoms with E-state index in [1.165, 1.54) is 23.9 Å². The summed E-state index contributed by atoms with van der Waals surface area (Å²) in [5.41, 5.74) is 2.56. The summed E-state index contributed by atoms with van der Waals surface area (Å²) in [4.78, 5) is 41.0. The van der Waals surface area contributed by atoms with Crippen molar-refractivity contribution in [3.8, 4) is 0 Å². The van der Waals surface area contributed by atoms with Gasteiger partial charge in [-0.2, -0.15) is 5.10 Å². The molecule has 1 saturated heterocycles. The molecule has 0 saturated carbocycles. The molecule has 0 radical (unpaired) electrons. The van der Waals surface area contributed by atoms with E-state index < -0.39 is 6.04 Å². The summed E-state index contributed by atoms with van der Waals surface area (Å²) in [7, 11) is 1.75. The van der Waals surface area contributed by atoms with Gasteiger partial charge in [-0.15, -0.1) is 11.3 Å². The number of amides is 2. The van der Waals surface area contributed by atoms with Gasteiger partial charge in [0.1, 0.15) is 21.9 Å². The van der Waals surface area contributed by atoms with Crippen molar-refractivity contribution >= 4 is 45.6 Å². The summed E-state index contributed by atoms with van der Waals surface area (Å²) in [5, 5.41) is 11.2. The quantitative estimate of drug-likeness (QED) is 0.420. The lowest BCUT2D eigenvalue weighted by atomic mass is 10.2. The molecule has 4 aromatic rings. The minimum absolute atomic E-state index is 0.240. The van der Waals surface area contributed by atoms with Crippen LogP contribution in [0.1, 0.15) is 38.1 Å². The smallest absolute Gasteiger partial charge is 0.271 e. The van der Waals surface area contributed by atoms with Crippen LogP contribution in [0.4, 0.5) is 11.4 Å². The van der Waals surface area contributed by atoms with Crippen molar-refractivity contribution in [3.05, 3.63) is 58.6 Å². The molecule has 3 aromatic heterocycles. The monoisotopic (exact) mass is 492 g/mol. The molecule has 5 rings (SSSR count). The Bertz CT molecular complexity index is 1380.